The van der Waals surface area contributed by atoms with Crippen LogP contribution in [0.5, 0.6) is 5.88 Å². The third-order valence-corrected chi connectivity index (χ3v) is 4.58. The molecule has 1 aliphatic rings. The Morgan fingerprint density at radius 1 is 1.25 bits per heavy atom. The van der Waals surface area contributed by atoms with Gasteiger partial charge < -0.3 is 14.6 Å². The molecule has 0 radical (unpaired) electrons. The number of carbonyl (C=O) groups is 1. The molecule has 10 heteroatoms. The molecule has 0 saturated heterocycles. The predicted octanol–water partition coefficient (Wildman–Crippen LogP) is 4.25. The van der Waals surface area contributed by atoms with Gasteiger partial charge in [0.2, 0.25) is 18.1 Å². The van der Waals surface area contributed by atoms with Gasteiger partial charge in [0.25, 0.3) is 5.91 Å². The molecule has 0 aliphatic heterocycles. The van der Waals surface area contributed by atoms with Crippen LogP contribution in [0, 0.1) is 6.92 Å². The average molecular weight is 438 g/mol. The van der Waals surface area contributed by atoms with Crippen LogP contribution in [-0.2, 0) is 0 Å². The van der Waals surface area contributed by atoms with Gasteiger partial charge in [-0.1, -0.05) is 17.3 Å². The number of nitrogens with one attached hydrogen (secondary N) is 1. The highest BCUT2D eigenvalue weighted by Gasteiger charge is 2.18. The Bertz CT molecular complexity index is 1220. The quantitative estimate of drug-likeness (QED) is 0.496. The van der Waals surface area contributed by atoms with E-state index in [1.54, 1.807) is 16.5 Å². The van der Waals surface area contributed by atoms with Crippen molar-refractivity contribution in [3.05, 3.63) is 54.4 Å². The van der Waals surface area contributed by atoms with Gasteiger partial charge in [-0.25, -0.2) is 14.4 Å². The van der Waals surface area contributed by atoms with E-state index in [1.165, 1.54) is 18.9 Å². The summed E-state index contributed by atoms with van der Waals surface area (Å²) in [5, 5.41) is 6.73. The molecule has 1 aromatic carbocycles. The van der Waals surface area contributed by atoms with Crippen molar-refractivity contribution >= 4 is 17.2 Å². The zero-order valence-electron chi connectivity index (χ0n) is 17.9. The monoisotopic (exact) mass is 438 g/mol. The molecule has 4 aromatic rings. The van der Waals surface area contributed by atoms with Crippen molar-refractivity contribution in [1.82, 2.24) is 24.5 Å². The molecule has 0 unspecified atom stereocenters. The molecule has 0 spiro atoms. The first kappa shape index (κ1) is 21.4. The van der Waals surface area contributed by atoms with Crippen LogP contribution in [0.3, 0.4) is 0 Å². The number of imidazole rings is 1. The number of amides is 1. The Hall–Kier alpha value is -3.82. The lowest BCUT2D eigenvalue weighted by molar-refractivity contribution is 0.102. The predicted molar refractivity (Wildman–Crippen MR) is 115 cm³/mol. The van der Waals surface area contributed by atoms with Crippen molar-refractivity contribution in [2.45, 2.75) is 45.9 Å². The van der Waals surface area contributed by atoms with E-state index in [4.69, 9.17) is 9.26 Å². The molecule has 1 fully saturated rings. The molecule has 9 nitrogen and oxygen atoms in total. The summed E-state index contributed by atoms with van der Waals surface area (Å²) in [7, 11) is 0. The molecule has 32 heavy (non-hydrogen) atoms. The highest BCUT2D eigenvalue weighted by Crippen LogP contribution is 2.24. The molecule has 0 bridgehead atoms. The number of anilines is 1. The second kappa shape index (κ2) is 9.13. The average Bonchev–Trinajstić information content (AvgIpc) is 3.20. The Labute approximate surface area is 183 Å². The number of ether oxygens (including phenoxy) is 1. The Kier molecular flexibility index (Phi) is 6.11. The fraction of sp³-hybridized carbons (Fsp3) is 0.318. The van der Waals surface area contributed by atoms with E-state index in [2.05, 4.69) is 25.4 Å². The lowest BCUT2D eigenvalue weighted by Crippen LogP contribution is -2.15. The summed E-state index contributed by atoms with van der Waals surface area (Å²) in [4.78, 5) is 25.4. The fourth-order valence-corrected chi connectivity index (χ4v) is 2.78. The summed E-state index contributed by atoms with van der Waals surface area (Å²) < 4.78 is 23.1. The van der Waals surface area contributed by atoms with Crippen LogP contribution < -0.4 is 10.1 Å². The molecular weight excluding hydrogens is 415 g/mol. The maximum Gasteiger partial charge on any atom is 0.274 e. The van der Waals surface area contributed by atoms with E-state index < -0.39 is 6.17 Å². The van der Waals surface area contributed by atoms with Gasteiger partial charge in [-0.15, -0.1) is 0 Å². The van der Waals surface area contributed by atoms with Crippen LogP contribution in [-0.4, -0.2) is 42.7 Å². The number of alkyl halides is 1. The summed E-state index contributed by atoms with van der Waals surface area (Å²) >= 11 is 0. The summed E-state index contributed by atoms with van der Waals surface area (Å²) in [6.07, 6.45) is 5.51. The minimum Gasteiger partial charge on any atom is -0.475 e. The minimum atomic E-state index is -0.417. The van der Waals surface area contributed by atoms with E-state index in [-0.39, 0.29) is 12.0 Å². The van der Waals surface area contributed by atoms with Crippen LogP contribution in [0.4, 0.5) is 10.1 Å². The molecule has 1 saturated carbocycles. The molecule has 3 heterocycles. The smallest absolute Gasteiger partial charge is 0.274 e. The van der Waals surface area contributed by atoms with Crippen molar-refractivity contribution in [3.63, 3.8) is 0 Å². The summed E-state index contributed by atoms with van der Waals surface area (Å²) in [5.74, 6) is 0.607. The number of hydrogen-bond acceptors (Lipinski definition) is 7. The van der Waals surface area contributed by atoms with Crippen molar-refractivity contribution in [1.29, 1.82) is 0 Å². The van der Waals surface area contributed by atoms with Crippen LogP contribution in [0.25, 0.3) is 17.0 Å². The highest BCUT2D eigenvalue weighted by atomic mass is 19.1. The number of benzene rings is 1. The van der Waals surface area contributed by atoms with Gasteiger partial charge in [0.05, 0.1) is 12.3 Å². The maximum atomic E-state index is 12.8. The first-order valence-corrected chi connectivity index (χ1v) is 10.2. The van der Waals surface area contributed by atoms with Crippen LogP contribution in [0.1, 0.15) is 42.7 Å². The van der Waals surface area contributed by atoms with Gasteiger partial charge in [0, 0.05) is 17.3 Å². The van der Waals surface area contributed by atoms with Crippen LogP contribution >= 0.6 is 0 Å². The first-order chi connectivity index (χ1) is 15.4. The molecule has 1 aliphatic carbocycles. The zero-order chi connectivity index (χ0) is 22.7. The number of nitrogens with zero attached hydrogens (tertiary/aromatic N) is 5. The second-order valence-electron chi connectivity index (χ2n) is 7.68. The third kappa shape index (κ3) is 5.08. The number of aryl methyl sites for hydroxylation is 1. The van der Waals surface area contributed by atoms with Gasteiger partial charge in [0.1, 0.15) is 23.8 Å². The molecule has 166 valence electrons. The Balaban J connectivity index is 0.000000552. The second-order valence-corrected chi connectivity index (χ2v) is 7.68. The van der Waals surface area contributed by atoms with Crippen molar-refractivity contribution < 1.29 is 18.4 Å². The topological polar surface area (TPSA) is 107 Å². The number of carbonyl (C=O) groups excluding carboxylic acids is 1. The number of fused-ring (bicyclic) bond motifs is 1. The molecular formula is C22H23FN6O3. The van der Waals surface area contributed by atoms with Crippen LogP contribution in [0.2, 0.25) is 0 Å². The molecule has 1 N–H and O–H groups in total. The number of halogens is 1. The molecule has 0 atom stereocenters. The normalized spacial score (nSPS) is 13.0. The van der Waals surface area contributed by atoms with E-state index in [1.807, 2.05) is 32.9 Å². The standard InChI is InChI=1S/C19H18N6O3.C3H5F/c1-11(2)28-17-7-16-20-8-15(25(16)9-21-17)19(26)23-14-6-13(5-4-12(14)3)18-22-10-27-24-18;4-3-1-2-3/h4-11H,1-3H3,(H,23,26);3H,1-2H2. The molecule has 1 amide bonds. The summed E-state index contributed by atoms with van der Waals surface area (Å²) in [6, 6.07) is 7.24. The lowest BCUT2D eigenvalue weighted by atomic mass is 10.1. The van der Waals surface area contributed by atoms with Gasteiger partial charge >= 0.3 is 0 Å². The Morgan fingerprint density at radius 3 is 2.69 bits per heavy atom. The zero-order valence-corrected chi connectivity index (χ0v) is 17.9. The number of rotatable bonds is 5. The van der Waals surface area contributed by atoms with E-state index in [0.717, 1.165) is 24.0 Å². The van der Waals surface area contributed by atoms with Gasteiger partial charge in [-0.3, -0.25) is 9.20 Å². The minimum absolute atomic E-state index is 0.00198. The largest absolute Gasteiger partial charge is 0.475 e. The van der Waals surface area contributed by atoms with Gasteiger partial charge in [0.15, 0.2) is 0 Å². The van der Waals surface area contributed by atoms with E-state index in [9.17, 15) is 9.18 Å². The van der Waals surface area contributed by atoms with Crippen molar-refractivity contribution in [2.75, 3.05) is 5.32 Å². The highest BCUT2D eigenvalue weighted by molar-refractivity contribution is 6.04. The summed E-state index contributed by atoms with van der Waals surface area (Å²) in [6.45, 7) is 5.74. The SMILES string of the molecule is Cc1ccc(-c2ncon2)cc1NC(=O)c1cnc2cc(OC(C)C)ncn12.FC1CC1. The fourth-order valence-electron chi connectivity index (χ4n) is 2.78. The van der Waals surface area contributed by atoms with Crippen LogP contribution in [0.15, 0.2) is 47.7 Å². The van der Waals surface area contributed by atoms with E-state index in [0.29, 0.717) is 28.7 Å². The molecule has 3 aromatic heterocycles. The van der Waals surface area contributed by atoms with Crippen molar-refractivity contribution in [3.8, 4) is 17.3 Å². The van der Waals surface area contributed by atoms with Gasteiger partial charge in [-0.05, 0) is 45.2 Å². The molecule has 5 rings (SSSR count). The maximum absolute atomic E-state index is 12.8. The van der Waals surface area contributed by atoms with Gasteiger partial charge in [-0.2, -0.15) is 4.98 Å². The first-order valence-electron chi connectivity index (χ1n) is 10.2. The third-order valence-electron chi connectivity index (χ3n) is 4.58. The van der Waals surface area contributed by atoms with Crippen molar-refractivity contribution in [2.24, 2.45) is 0 Å². The lowest BCUT2D eigenvalue weighted by Gasteiger charge is -2.10. The summed E-state index contributed by atoms with van der Waals surface area (Å²) in [5.41, 5.74) is 3.23. The van der Waals surface area contributed by atoms with E-state index >= 15 is 0 Å². The number of hydrogen-bond donors (Lipinski definition) is 1. The Morgan fingerprint density at radius 2 is 2.03 bits per heavy atom. The number of aromatic nitrogens is 5.